The van der Waals surface area contributed by atoms with Crippen molar-refractivity contribution in [3.8, 4) is 0 Å². The maximum Gasteiger partial charge on any atom is 0.00824 e. The first-order valence-corrected chi connectivity index (χ1v) is 7.01. The van der Waals surface area contributed by atoms with Gasteiger partial charge < -0.3 is 5.73 Å². The second-order valence-corrected chi connectivity index (χ2v) is 5.41. The van der Waals surface area contributed by atoms with E-state index < -0.39 is 0 Å². The van der Waals surface area contributed by atoms with Gasteiger partial charge in [0, 0.05) is 6.04 Å². The number of benzene rings is 2. The zero-order valence-electron chi connectivity index (χ0n) is 11.9. The van der Waals surface area contributed by atoms with Gasteiger partial charge in [-0.1, -0.05) is 48.5 Å². The molecule has 1 nitrogen and oxygen atoms in total. The standard InChI is InChI=1S/C18H23N/c1-14-8-9-17(12-15(14)2)13-18(19)11-10-16-6-4-3-5-7-16/h3-9,12,18H,10-11,13,19H2,1-2H3. The van der Waals surface area contributed by atoms with E-state index in [0.717, 1.165) is 19.3 Å². The molecule has 2 aromatic carbocycles. The van der Waals surface area contributed by atoms with Gasteiger partial charge in [0.05, 0.1) is 0 Å². The van der Waals surface area contributed by atoms with Crippen LogP contribution in [-0.2, 0) is 12.8 Å². The van der Waals surface area contributed by atoms with Crippen LogP contribution in [-0.4, -0.2) is 6.04 Å². The Balaban J connectivity index is 1.87. The lowest BCUT2D eigenvalue weighted by Crippen LogP contribution is -2.23. The summed E-state index contributed by atoms with van der Waals surface area (Å²) in [6.45, 7) is 4.31. The van der Waals surface area contributed by atoms with Crippen LogP contribution in [0.5, 0.6) is 0 Å². The molecule has 2 N–H and O–H groups in total. The quantitative estimate of drug-likeness (QED) is 0.861. The van der Waals surface area contributed by atoms with E-state index in [-0.39, 0.29) is 6.04 Å². The first-order chi connectivity index (χ1) is 9.15. The number of hydrogen-bond donors (Lipinski definition) is 1. The molecule has 2 rings (SSSR count). The molecule has 0 spiro atoms. The Kier molecular flexibility index (Phi) is 4.75. The normalized spacial score (nSPS) is 12.4. The van der Waals surface area contributed by atoms with Crippen molar-refractivity contribution in [2.45, 2.75) is 39.2 Å². The van der Waals surface area contributed by atoms with Crippen molar-refractivity contribution in [3.05, 3.63) is 70.8 Å². The summed E-state index contributed by atoms with van der Waals surface area (Å²) >= 11 is 0. The van der Waals surface area contributed by atoms with Crippen molar-refractivity contribution >= 4 is 0 Å². The highest BCUT2D eigenvalue weighted by atomic mass is 14.6. The van der Waals surface area contributed by atoms with Crippen LogP contribution in [0.4, 0.5) is 0 Å². The maximum absolute atomic E-state index is 6.24. The molecule has 0 fully saturated rings. The van der Waals surface area contributed by atoms with Gasteiger partial charge in [0.1, 0.15) is 0 Å². The molecule has 0 heterocycles. The molecule has 0 radical (unpaired) electrons. The van der Waals surface area contributed by atoms with Gasteiger partial charge >= 0.3 is 0 Å². The van der Waals surface area contributed by atoms with Gasteiger partial charge in [0.25, 0.3) is 0 Å². The van der Waals surface area contributed by atoms with Crippen LogP contribution in [0.2, 0.25) is 0 Å². The van der Waals surface area contributed by atoms with Crippen molar-refractivity contribution in [2.24, 2.45) is 5.73 Å². The predicted octanol–water partition coefficient (Wildman–Crippen LogP) is 3.81. The fraction of sp³-hybridized carbons (Fsp3) is 0.333. The monoisotopic (exact) mass is 253 g/mol. The minimum atomic E-state index is 0.238. The van der Waals surface area contributed by atoms with Crippen LogP contribution in [0, 0.1) is 13.8 Å². The van der Waals surface area contributed by atoms with Gasteiger partial charge in [-0.05, 0) is 55.4 Å². The third-order valence-corrected chi connectivity index (χ3v) is 3.72. The van der Waals surface area contributed by atoms with Gasteiger partial charge in [0.15, 0.2) is 0 Å². The lowest BCUT2D eigenvalue weighted by atomic mass is 9.97. The molecule has 19 heavy (non-hydrogen) atoms. The summed E-state index contributed by atoms with van der Waals surface area (Å²) in [5, 5.41) is 0. The van der Waals surface area contributed by atoms with Crippen LogP contribution in [0.25, 0.3) is 0 Å². The van der Waals surface area contributed by atoms with Gasteiger partial charge in [-0.2, -0.15) is 0 Å². The molecule has 0 bridgehead atoms. The number of aryl methyl sites for hydroxylation is 3. The second kappa shape index (κ2) is 6.53. The van der Waals surface area contributed by atoms with E-state index in [1.54, 1.807) is 0 Å². The Labute approximate surface area is 116 Å². The van der Waals surface area contributed by atoms with Crippen molar-refractivity contribution in [1.82, 2.24) is 0 Å². The Morgan fingerprint density at radius 2 is 1.63 bits per heavy atom. The summed E-state index contributed by atoms with van der Waals surface area (Å²) in [5.74, 6) is 0. The molecule has 1 heteroatoms. The predicted molar refractivity (Wildman–Crippen MR) is 82.4 cm³/mol. The second-order valence-electron chi connectivity index (χ2n) is 5.41. The van der Waals surface area contributed by atoms with E-state index in [1.165, 1.54) is 22.3 Å². The van der Waals surface area contributed by atoms with E-state index in [0.29, 0.717) is 0 Å². The minimum absolute atomic E-state index is 0.238. The van der Waals surface area contributed by atoms with Gasteiger partial charge in [-0.15, -0.1) is 0 Å². The number of rotatable bonds is 5. The highest BCUT2D eigenvalue weighted by Crippen LogP contribution is 2.13. The minimum Gasteiger partial charge on any atom is -0.327 e. The molecule has 1 unspecified atom stereocenters. The fourth-order valence-electron chi connectivity index (χ4n) is 2.33. The molecule has 0 aliphatic rings. The number of hydrogen-bond acceptors (Lipinski definition) is 1. The molecule has 0 aliphatic heterocycles. The summed E-state index contributed by atoms with van der Waals surface area (Å²) in [5.41, 5.74) is 11.7. The average molecular weight is 253 g/mol. The third-order valence-electron chi connectivity index (χ3n) is 3.72. The molecule has 0 saturated carbocycles. The molecular weight excluding hydrogens is 230 g/mol. The lowest BCUT2D eigenvalue weighted by Gasteiger charge is -2.13. The van der Waals surface area contributed by atoms with Crippen molar-refractivity contribution < 1.29 is 0 Å². The zero-order chi connectivity index (χ0) is 13.7. The van der Waals surface area contributed by atoms with Crippen molar-refractivity contribution in [1.29, 1.82) is 0 Å². The Bertz CT molecular complexity index is 516. The first-order valence-electron chi connectivity index (χ1n) is 7.01. The highest BCUT2D eigenvalue weighted by molar-refractivity contribution is 5.30. The fourth-order valence-corrected chi connectivity index (χ4v) is 2.33. The summed E-state index contributed by atoms with van der Waals surface area (Å²) in [4.78, 5) is 0. The number of nitrogens with two attached hydrogens (primary N) is 1. The van der Waals surface area contributed by atoms with Crippen LogP contribution in [0.1, 0.15) is 28.7 Å². The van der Waals surface area contributed by atoms with Gasteiger partial charge in [0.2, 0.25) is 0 Å². The molecule has 100 valence electrons. The van der Waals surface area contributed by atoms with Gasteiger partial charge in [-0.3, -0.25) is 0 Å². The average Bonchev–Trinajstić information content (AvgIpc) is 2.42. The Hall–Kier alpha value is -1.60. The van der Waals surface area contributed by atoms with Crippen LogP contribution < -0.4 is 5.73 Å². The van der Waals surface area contributed by atoms with Crippen LogP contribution >= 0.6 is 0 Å². The molecule has 0 aliphatic carbocycles. The summed E-state index contributed by atoms with van der Waals surface area (Å²) < 4.78 is 0. The zero-order valence-corrected chi connectivity index (χ0v) is 11.9. The molecular formula is C18H23N. The molecule has 0 amide bonds. The van der Waals surface area contributed by atoms with E-state index >= 15 is 0 Å². The summed E-state index contributed by atoms with van der Waals surface area (Å²) in [6.07, 6.45) is 3.07. The SMILES string of the molecule is Cc1ccc(CC(N)CCc2ccccc2)cc1C. The van der Waals surface area contributed by atoms with Crippen LogP contribution in [0.3, 0.4) is 0 Å². The van der Waals surface area contributed by atoms with E-state index in [2.05, 4.69) is 62.4 Å². The largest absolute Gasteiger partial charge is 0.327 e. The molecule has 0 aromatic heterocycles. The third kappa shape index (κ3) is 4.22. The summed E-state index contributed by atoms with van der Waals surface area (Å²) in [7, 11) is 0. The van der Waals surface area contributed by atoms with Crippen molar-refractivity contribution in [2.75, 3.05) is 0 Å². The molecule has 1 atom stereocenters. The topological polar surface area (TPSA) is 26.0 Å². The van der Waals surface area contributed by atoms with E-state index in [9.17, 15) is 0 Å². The van der Waals surface area contributed by atoms with Gasteiger partial charge in [-0.25, -0.2) is 0 Å². The Morgan fingerprint density at radius 1 is 0.895 bits per heavy atom. The molecule has 2 aromatic rings. The lowest BCUT2D eigenvalue weighted by molar-refractivity contribution is 0.610. The summed E-state index contributed by atoms with van der Waals surface area (Å²) in [6, 6.07) is 17.5. The molecule has 0 saturated heterocycles. The smallest absolute Gasteiger partial charge is 0.00824 e. The van der Waals surface area contributed by atoms with Crippen molar-refractivity contribution in [3.63, 3.8) is 0 Å². The highest BCUT2D eigenvalue weighted by Gasteiger charge is 2.05. The first kappa shape index (κ1) is 13.8. The maximum atomic E-state index is 6.24. The van der Waals surface area contributed by atoms with Crippen LogP contribution in [0.15, 0.2) is 48.5 Å². The Morgan fingerprint density at radius 3 is 2.32 bits per heavy atom. The van der Waals surface area contributed by atoms with E-state index in [4.69, 9.17) is 5.73 Å². The van der Waals surface area contributed by atoms with E-state index in [1.807, 2.05) is 0 Å².